The van der Waals surface area contributed by atoms with Crippen LogP contribution in [0.15, 0.2) is 0 Å². The van der Waals surface area contributed by atoms with E-state index in [1.54, 1.807) is 0 Å². The summed E-state index contributed by atoms with van der Waals surface area (Å²) in [4.78, 5) is 0. The molecule has 0 aromatic carbocycles. The molecular formula is H5AlCuO2. The first-order chi connectivity index (χ1) is 1.00. The molecule has 0 bridgehead atoms. The molecule has 0 aliphatic heterocycles. The molecule has 0 aliphatic rings. The summed E-state index contributed by atoms with van der Waals surface area (Å²) in [5.74, 6) is 0. The van der Waals surface area contributed by atoms with Crippen LogP contribution in [0.5, 0.6) is 0 Å². The predicted octanol–water partition coefficient (Wildman–Crippen LogP) is -1.17. The van der Waals surface area contributed by atoms with E-state index >= 15 is 0 Å². The molecule has 0 rings (SSSR count). The molecule has 1 radical (unpaired) electrons. The van der Waals surface area contributed by atoms with Crippen molar-refractivity contribution < 1.29 is 27.6 Å². The fourth-order valence-electron chi connectivity index (χ4n) is 0. The monoisotopic (exact) mass is 127 g/mol. The molecule has 0 spiro atoms. The van der Waals surface area contributed by atoms with Crippen molar-refractivity contribution in [3.05, 3.63) is 0 Å². The van der Waals surface area contributed by atoms with Gasteiger partial charge in [0.05, 0.1) is 0 Å². The molecule has 4 heteroatoms. The summed E-state index contributed by atoms with van der Waals surface area (Å²) in [6, 6.07) is 0. The number of hydrogen-bond donors (Lipinski definition) is 2. The predicted molar refractivity (Wildman–Crippen MR) is 15.2 cm³/mol. The van der Waals surface area contributed by atoms with Crippen molar-refractivity contribution in [1.82, 2.24) is 0 Å². The minimum atomic E-state index is 0. The molecule has 2 nitrogen and oxygen atoms in total. The van der Waals surface area contributed by atoms with Gasteiger partial charge in [-0.2, -0.15) is 0 Å². The summed E-state index contributed by atoms with van der Waals surface area (Å²) in [6.45, 7) is 0. The van der Waals surface area contributed by atoms with Crippen LogP contribution in [0.4, 0.5) is 0 Å². The van der Waals surface area contributed by atoms with Gasteiger partial charge in [-0.05, 0) is 0 Å². The molecule has 0 atom stereocenters. The van der Waals surface area contributed by atoms with Gasteiger partial charge in [-0.15, -0.1) is 0 Å². The van der Waals surface area contributed by atoms with Gasteiger partial charge in [0, 0.05) is 17.1 Å². The van der Waals surface area contributed by atoms with Crippen LogP contribution in [0.3, 0.4) is 0 Å². The summed E-state index contributed by atoms with van der Waals surface area (Å²) in [5.41, 5.74) is 0. The van der Waals surface area contributed by atoms with Crippen molar-refractivity contribution in [3.8, 4) is 0 Å². The van der Waals surface area contributed by atoms with Crippen LogP contribution in [0.2, 0.25) is 0 Å². The minimum absolute atomic E-state index is 0. The second-order valence-corrected chi connectivity index (χ2v) is 0. The van der Waals surface area contributed by atoms with E-state index in [0.29, 0.717) is 0 Å². The van der Waals surface area contributed by atoms with E-state index in [0.717, 1.165) is 0 Å². The van der Waals surface area contributed by atoms with Crippen LogP contribution in [0, 0.1) is 0 Å². The molecule has 0 aromatic rings. The maximum atomic E-state index is 6.00. The Balaban J connectivity index is -0.00000000500. The average Bonchev–Trinajstić information content (AvgIpc) is 1.00. The number of rotatable bonds is 0. The van der Waals surface area contributed by atoms with Crippen LogP contribution >= 0.6 is 0 Å². The normalized spacial score (nSPS) is 1.50. The SMILES string of the molecule is OO.[AlH3].[Cu]. The van der Waals surface area contributed by atoms with Crippen LogP contribution in [0.1, 0.15) is 0 Å². The summed E-state index contributed by atoms with van der Waals surface area (Å²) >= 11 is 0. The molecule has 0 heterocycles. The third-order valence-electron chi connectivity index (χ3n) is 0. The van der Waals surface area contributed by atoms with E-state index in [9.17, 15) is 0 Å². The fourth-order valence-corrected chi connectivity index (χ4v) is 0. The van der Waals surface area contributed by atoms with E-state index in [1.165, 1.54) is 0 Å². The van der Waals surface area contributed by atoms with Gasteiger partial charge in [-0.25, -0.2) is 0 Å². The molecule has 0 aliphatic carbocycles. The third-order valence-corrected chi connectivity index (χ3v) is 0. The Morgan fingerprint density at radius 1 is 1.00 bits per heavy atom. The third kappa shape index (κ3) is 12.2. The zero-order valence-corrected chi connectivity index (χ0v) is 2.14. The molecule has 31 valence electrons. The zero-order valence-electron chi connectivity index (χ0n) is 1.20. The van der Waals surface area contributed by atoms with E-state index in [4.69, 9.17) is 10.5 Å². The standard InChI is InChI=1S/Al.Cu.H2O2.3H/c;;1-2;;;/h;;1-2H;;;. The number of hydrogen-bond acceptors (Lipinski definition) is 2. The van der Waals surface area contributed by atoms with E-state index in [-0.39, 0.29) is 34.4 Å². The largest absolute Gasteiger partial charge is 0.255 e. The molecule has 4 heavy (non-hydrogen) atoms. The first-order valence-electron chi connectivity index (χ1n) is 0.200. The van der Waals surface area contributed by atoms with Gasteiger partial charge in [0.25, 0.3) is 0 Å². The van der Waals surface area contributed by atoms with Crippen LogP contribution in [0.25, 0.3) is 0 Å². The van der Waals surface area contributed by atoms with Crippen molar-refractivity contribution in [1.29, 1.82) is 0 Å². The quantitative estimate of drug-likeness (QED) is 0.245. The maximum Gasteiger partial charge on any atom is 0.187 e. The Morgan fingerprint density at radius 2 is 1.00 bits per heavy atom. The summed E-state index contributed by atoms with van der Waals surface area (Å²) in [7, 11) is 0. The Bertz CT molecular complexity index is 6.00. The Labute approximate surface area is 45.4 Å². The molecule has 0 unspecified atom stereocenters. The Kier molecular flexibility index (Phi) is 187. The van der Waals surface area contributed by atoms with Crippen LogP contribution in [-0.4, -0.2) is 27.9 Å². The van der Waals surface area contributed by atoms with Gasteiger partial charge in [0.15, 0.2) is 17.4 Å². The van der Waals surface area contributed by atoms with Crippen molar-refractivity contribution in [2.75, 3.05) is 0 Å². The molecule has 0 aromatic heterocycles. The van der Waals surface area contributed by atoms with Gasteiger partial charge in [0.1, 0.15) is 0 Å². The minimum Gasteiger partial charge on any atom is -0.255 e. The molecule has 0 saturated carbocycles. The molecule has 2 N–H and O–H groups in total. The maximum absolute atomic E-state index is 6.00. The summed E-state index contributed by atoms with van der Waals surface area (Å²) in [5, 5.41) is 12.0. The van der Waals surface area contributed by atoms with Crippen molar-refractivity contribution in [2.45, 2.75) is 0 Å². The van der Waals surface area contributed by atoms with E-state index in [1.807, 2.05) is 0 Å². The van der Waals surface area contributed by atoms with Gasteiger partial charge < -0.3 is 0 Å². The fraction of sp³-hybridized carbons (Fsp3) is 0. The first kappa shape index (κ1) is 20.2. The molecule has 0 amide bonds. The second kappa shape index (κ2) is 37.1. The van der Waals surface area contributed by atoms with E-state index in [2.05, 4.69) is 0 Å². The zero-order chi connectivity index (χ0) is 2.00. The Hall–Kier alpha value is 0.972. The van der Waals surface area contributed by atoms with Crippen molar-refractivity contribution in [2.24, 2.45) is 0 Å². The van der Waals surface area contributed by atoms with Gasteiger partial charge in [0.2, 0.25) is 0 Å². The van der Waals surface area contributed by atoms with Gasteiger partial charge in [-0.1, -0.05) is 0 Å². The average molecular weight is 128 g/mol. The van der Waals surface area contributed by atoms with E-state index < -0.39 is 0 Å². The van der Waals surface area contributed by atoms with Crippen molar-refractivity contribution in [3.63, 3.8) is 0 Å². The van der Waals surface area contributed by atoms with Gasteiger partial charge in [-0.3, -0.25) is 10.5 Å². The molecule has 0 saturated heterocycles. The molecule has 0 fully saturated rings. The second-order valence-electron chi connectivity index (χ2n) is 0. The smallest absolute Gasteiger partial charge is 0.187 e. The van der Waals surface area contributed by atoms with Crippen molar-refractivity contribution >= 4 is 17.4 Å². The van der Waals surface area contributed by atoms with Gasteiger partial charge >= 0.3 is 0 Å². The molecular weight excluding hydrogens is 123 g/mol. The first-order valence-corrected chi connectivity index (χ1v) is 0.200. The topological polar surface area (TPSA) is 40.5 Å². The van der Waals surface area contributed by atoms with Crippen LogP contribution in [-0.2, 0) is 17.1 Å². The summed E-state index contributed by atoms with van der Waals surface area (Å²) < 4.78 is 0. The Morgan fingerprint density at radius 3 is 1.00 bits per heavy atom. The summed E-state index contributed by atoms with van der Waals surface area (Å²) in [6.07, 6.45) is 0. The van der Waals surface area contributed by atoms with Crippen LogP contribution < -0.4 is 0 Å².